The molecule has 0 radical (unpaired) electrons. The number of aromatic nitrogens is 2. The van der Waals surface area contributed by atoms with Crippen molar-refractivity contribution in [3.05, 3.63) is 23.3 Å². The summed E-state index contributed by atoms with van der Waals surface area (Å²) in [6.45, 7) is 0.165. The predicted octanol–water partition coefficient (Wildman–Crippen LogP) is -0.306. The second-order valence-corrected chi connectivity index (χ2v) is 3.96. The number of carbonyl (C=O) groups excluding carboxylic acids is 2. The van der Waals surface area contributed by atoms with Gasteiger partial charge >= 0.3 is 0 Å². The van der Waals surface area contributed by atoms with Crippen molar-refractivity contribution in [3.8, 4) is 0 Å². The van der Waals surface area contributed by atoms with E-state index in [0.717, 1.165) is 12.8 Å². The molecule has 16 heavy (non-hydrogen) atoms. The fraction of sp³-hybridized carbons (Fsp3) is 0.400. The van der Waals surface area contributed by atoms with Crippen molar-refractivity contribution >= 4 is 11.8 Å². The van der Waals surface area contributed by atoms with E-state index in [1.807, 2.05) is 0 Å². The Morgan fingerprint density at radius 3 is 2.75 bits per heavy atom. The smallest absolute Gasteiger partial charge is 0.280 e. The van der Waals surface area contributed by atoms with Crippen LogP contribution in [0, 0.1) is 0 Å². The summed E-state index contributed by atoms with van der Waals surface area (Å²) in [5.74, 6) is -0.191. The second kappa shape index (κ2) is 3.08. The summed E-state index contributed by atoms with van der Waals surface area (Å²) >= 11 is 0. The molecule has 1 aliphatic heterocycles. The zero-order chi connectivity index (χ0) is 11.3. The first-order valence-corrected chi connectivity index (χ1v) is 5.16. The molecule has 1 saturated carbocycles. The number of amides is 2. The minimum absolute atomic E-state index is 0.0653. The fourth-order valence-corrected chi connectivity index (χ4v) is 1.84. The molecular formula is C10H10N4O2. The van der Waals surface area contributed by atoms with Crippen molar-refractivity contribution in [1.82, 2.24) is 14.9 Å². The first-order valence-electron chi connectivity index (χ1n) is 5.16. The average molecular weight is 218 g/mol. The zero-order valence-corrected chi connectivity index (χ0v) is 8.51. The van der Waals surface area contributed by atoms with E-state index >= 15 is 0 Å². The summed E-state index contributed by atoms with van der Waals surface area (Å²) in [7, 11) is 0. The Morgan fingerprint density at radius 2 is 2.12 bits per heavy atom. The maximum Gasteiger partial charge on any atom is 0.280 e. The Morgan fingerprint density at radius 1 is 1.38 bits per heavy atom. The van der Waals surface area contributed by atoms with Crippen molar-refractivity contribution in [2.45, 2.75) is 25.4 Å². The monoisotopic (exact) mass is 218 g/mol. The number of hydrogen-bond donors (Lipinski definition) is 1. The summed E-state index contributed by atoms with van der Waals surface area (Å²) in [5, 5.41) is 0. The number of fused-ring (bicyclic) bond motifs is 1. The Hall–Kier alpha value is -1.82. The SMILES string of the molecule is NCc1ncc2c(n1)C(=O)N(C1CC1)C2=O. The van der Waals surface area contributed by atoms with Gasteiger partial charge in [-0.15, -0.1) is 0 Å². The van der Waals surface area contributed by atoms with E-state index in [0.29, 0.717) is 11.4 Å². The molecule has 1 aromatic rings. The summed E-state index contributed by atoms with van der Waals surface area (Å²) in [5.41, 5.74) is 5.90. The van der Waals surface area contributed by atoms with Crippen LogP contribution in [0.5, 0.6) is 0 Å². The van der Waals surface area contributed by atoms with E-state index in [-0.39, 0.29) is 30.1 Å². The molecule has 2 amide bonds. The van der Waals surface area contributed by atoms with Gasteiger partial charge in [-0.25, -0.2) is 9.97 Å². The molecule has 0 bridgehead atoms. The van der Waals surface area contributed by atoms with Crippen LogP contribution in [0.15, 0.2) is 6.20 Å². The summed E-state index contributed by atoms with van der Waals surface area (Å²) in [4.78, 5) is 33.1. The fourth-order valence-electron chi connectivity index (χ4n) is 1.84. The van der Waals surface area contributed by atoms with Gasteiger partial charge in [-0.2, -0.15) is 0 Å². The first kappa shape index (κ1) is 9.41. The van der Waals surface area contributed by atoms with Gasteiger partial charge in [0.2, 0.25) is 0 Å². The van der Waals surface area contributed by atoms with Crippen LogP contribution < -0.4 is 5.73 Å². The third-order valence-corrected chi connectivity index (χ3v) is 2.80. The van der Waals surface area contributed by atoms with E-state index in [4.69, 9.17) is 5.73 Å². The molecule has 2 heterocycles. The standard InChI is InChI=1S/C10H10N4O2/c11-3-7-12-4-6-8(13-7)10(16)14(9(6)15)5-1-2-5/h4-5H,1-3,11H2. The molecule has 1 aromatic heterocycles. The molecule has 1 fully saturated rings. The van der Waals surface area contributed by atoms with Crippen molar-refractivity contribution < 1.29 is 9.59 Å². The molecule has 1 aliphatic carbocycles. The van der Waals surface area contributed by atoms with E-state index in [1.165, 1.54) is 11.1 Å². The van der Waals surface area contributed by atoms with Crippen molar-refractivity contribution in [2.75, 3.05) is 0 Å². The van der Waals surface area contributed by atoms with Gasteiger partial charge in [0.1, 0.15) is 11.5 Å². The molecule has 6 heteroatoms. The van der Waals surface area contributed by atoms with Crippen molar-refractivity contribution in [1.29, 1.82) is 0 Å². The predicted molar refractivity (Wildman–Crippen MR) is 53.4 cm³/mol. The first-order chi connectivity index (χ1) is 7.72. The van der Waals surface area contributed by atoms with Crippen LogP contribution in [0.25, 0.3) is 0 Å². The highest BCUT2D eigenvalue weighted by molar-refractivity contribution is 6.20. The third kappa shape index (κ3) is 1.16. The van der Waals surface area contributed by atoms with E-state index in [2.05, 4.69) is 9.97 Å². The lowest BCUT2D eigenvalue weighted by atomic mass is 10.2. The van der Waals surface area contributed by atoms with Crippen molar-refractivity contribution in [3.63, 3.8) is 0 Å². The maximum atomic E-state index is 11.9. The van der Waals surface area contributed by atoms with Crippen LogP contribution in [0.4, 0.5) is 0 Å². The minimum atomic E-state index is -0.306. The molecule has 6 nitrogen and oxygen atoms in total. The number of hydrogen-bond acceptors (Lipinski definition) is 5. The molecule has 0 spiro atoms. The maximum absolute atomic E-state index is 11.9. The number of rotatable bonds is 2. The number of nitrogens with two attached hydrogens (primary N) is 1. The van der Waals surface area contributed by atoms with Gasteiger partial charge in [-0.05, 0) is 12.8 Å². The van der Waals surface area contributed by atoms with Gasteiger partial charge in [0.15, 0.2) is 0 Å². The zero-order valence-electron chi connectivity index (χ0n) is 8.51. The van der Waals surface area contributed by atoms with Crippen LogP contribution in [0.1, 0.15) is 39.5 Å². The Labute approximate surface area is 91.5 Å². The van der Waals surface area contributed by atoms with Gasteiger partial charge < -0.3 is 5.73 Å². The van der Waals surface area contributed by atoms with Gasteiger partial charge in [0, 0.05) is 12.2 Å². The quantitative estimate of drug-likeness (QED) is 0.688. The molecule has 0 aromatic carbocycles. The molecule has 3 rings (SSSR count). The highest BCUT2D eigenvalue weighted by Crippen LogP contribution is 2.33. The van der Waals surface area contributed by atoms with Crippen molar-refractivity contribution in [2.24, 2.45) is 5.73 Å². The molecule has 0 unspecified atom stereocenters. The topological polar surface area (TPSA) is 89.2 Å². The lowest BCUT2D eigenvalue weighted by Gasteiger charge is -2.10. The van der Waals surface area contributed by atoms with Gasteiger partial charge in [-0.3, -0.25) is 14.5 Å². The van der Waals surface area contributed by atoms with Gasteiger partial charge in [0.25, 0.3) is 11.8 Å². The molecule has 82 valence electrons. The summed E-state index contributed by atoms with van der Waals surface area (Å²) in [6.07, 6.45) is 3.18. The van der Waals surface area contributed by atoms with Gasteiger partial charge in [0.05, 0.1) is 12.1 Å². The number of imide groups is 1. The molecule has 2 aliphatic rings. The average Bonchev–Trinajstić information content (AvgIpc) is 3.09. The third-order valence-electron chi connectivity index (χ3n) is 2.80. The highest BCUT2D eigenvalue weighted by atomic mass is 16.2. The van der Waals surface area contributed by atoms with Gasteiger partial charge in [-0.1, -0.05) is 0 Å². The Kier molecular flexibility index (Phi) is 1.81. The van der Waals surface area contributed by atoms with E-state index < -0.39 is 0 Å². The van der Waals surface area contributed by atoms with Crippen LogP contribution in [0.2, 0.25) is 0 Å². The lowest BCUT2D eigenvalue weighted by molar-refractivity contribution is 0.0640. The van der Waals surface area contributed by atoms with Crippen LogP contribution in [-0.4, -0.2) is 32.7 Å². The van der Waals surface area contributed by atoms with Crippen LogP contribution in [-0.2, 0) is 6.54 Å². The van der Waals surface area contributed by atoms with E-state index in [9.17, 15) is 9.59 Å². The number of carbonyl (C=O) groups is 2. The molecule has 0 saturated heterocycles. The largest absolute Gasteiger partial charge is 0.324 e. The highest BCUT2D eigenvalue weighted by Gasteiger charge is 2.45. The normalized spacial score (nSPS) is 19.2. The summed E-state index contributed by atoms with van der Waals surface area (Å²) < 4.78 is 0. The summed E-state index contributed by atoms with van der Waals surface area (Å²) in [6, 6.07) is 0.0653. The Bertz CT molecular complexity index is 496. The molecule has 2 N–H and O–H groups in total. The van der Waals surface area contributed by atoms with E-state index in [1.54, 1.807) is 0 Å². The van der Waals surface area contributed by atoms with Crippen LogP contribution >= 0.6 is 0 Å². The minimum Gasteiger partial charge on any atom is -0.324 e. The molecule has 0 atom stereocenters. The Balaban J connectivity index is 2.07. The van der Waals surface area contributed by atoms with Crippen LogP contribution in [0.3, 0.4) is 0 Å². The molecular weight excluding hydrogens is 208 g/mol. The number of nitrogens with zero attached hydrogens (tertiary/aromatic N) is 3. The second-order valence-electron chi connectivity index (χ2n) is 3.96. The lowest BCUT2D eigenvalue weighted by Crippen LogP contribution is -2.31.